The van der Waals surface area contributed by atoms with E-state index in [2.05, 4.69) is 5.32 Å². The summed E-state index contributed by atoms with van der Waals surface area (Å²) in [4.78, 5) is 25.6. The maximum Gasteiger partial charge on any atom is 0.226 e. The lowest BCUT2D eigenvalue weighted by atomic mass is 10.2. The van der Waals surface area contributed by atoms with Crippen LogP contribution >= 0.6 is 34.8 Å². The summed E-state index contributed by atoms with van der Waals surface area (Å²) in [6.45, 7) is 3.47. The number of hydrogen-bond donors (Lipinski definition) is 1. The minimum absolute atomic E-state index is 0.106. The molecular formula is C18H17Cl3N2O2. The number of aryl methyl sites for hydroxylation is 1. The standard InChI is InChI=1S/C18H17Cl3N2O2/c1-11-3-4-13(19)9-16(11)22-18(25)7-8-23(12(2)24)17-10-14(20)5-6-15(17)21/h3-6,9-10H,7-8H2,1-2H3,(H,22,25). The average Bonchev–Trinajstić information content (AvgIpc) is 2.54. The van der Waals surface area contributed by atoms with Crippen molar-refractivity contribution >= 4 is 58.0 Å². The third kappa shape index (κ3) is 5.36. The molecule has 2 rings (SSSR count). The van der Waals surface area contributed by atoms with Gasteiger partial charge in [-0.1, -0.05) is 40.9 Å². The molecule has 0 unspecified atom stereocenters. The molecule has 2 amide bonds. The summed E-state index contributed by atoms with van der Waals surface area (Å²) in [6, 6.07) is 10.1. The normalized spacial score (nSPS) is 10.4. The van der Waals surface area contributed by atoms with Crippen LogP contribution in [0, 0.1) is 6.92 Å². The Bertz CT molecular complexity index is 809. The van der Waals surface area contributed by atoms with E-state index in [-0.39, 0.29) is 24.8 Å². The molecule has 0 spiro atoms. The van der Waals surface area contributed by atoms with Gasteiger partial charge in [0, 0.05) is 35.6 Å². The van der Waals surface area contributed by atoms with Gasteiger partial charge in [-0.15, -0.1) is 0 Å². The summed E-state index contributed by atoms with van der Waals surface area (Å²) in [5.41, 5.74) is 2.03. The zero-order valence-electron chi connectivity index (χ0n) is 13.8. The predicted molar refractivity (Wildman–Crippen MR) is 104 cm³/mol. The lowest BCUT2D eigenvalue weighted by Gasteiger charge is -2.22. The molecule has 0 saturated carbocycles. The van der Waals surface area contributed by atoms with Gasteiger partial charge >= 0.3 is 0 Å². The summed E-state index contributed by atoms with van der Waals surface area (Å²) >= 11 is 18.1. The summed E-state index contributed by atoms with van der Waals surface area (Å²) in [6.07, 6.45) is 0.106. The van der Waals surface area contributed by atoms with E-state index in [1.165, 1.54) is 11.8 Å². The van der Waals surface area contributed by atoms with Gasteiger partial charge in [-0.25, -0.2) is 0 Å². The van der Waals surface area contributed by atoms with Crippen molar-refractivity contribution < 1.29 is 9.59 Å². The number of rotatable bonds is 5. The zero-order valence-corrected chi connectivity index (χ0v) is 16.0. The fourth-order valence-corrected chi connectivity index (χ4v) is 2.85. The maximum absolute atomic E-state index is 12.2. The highest BCUT2D eigenvalue weighted by molar-refractivity contribution is 6.35. The van der Waals surface area contributed by atoms with Crippen molar-refractivity contribution in [1.29, 1.82) is 0 Å². The first-order valence-corrected chi connectivity index (χ1v) is 8.70. The van der Waals surface area contributed by atoms with Crippen LogP contribution in [0.25, 0.3) is 0 Å². The quantitative estimate of drug-likeness (QED) is 0.738. The molecule has 1 N–H and O–H groups in total. The van der Waals surface area contributed by atoms with E-state index < -0.39 is 0 Å². The molecule has 2 aromatic carbocycles. The van der Waals surface area contributed by atoms with E-state index >= 15 is 0 Å². The SMILES string of the molecule is CC(=O)N(CCC(=O)Nc1cc(Cl)ccc1C)c1cc(Cl)ccc1Cl. The van der Waals surface area contributed by atoms with Crippen molar-refractivity contribution in [3.63, 3.8) is 0 Å². The van der Waals surface area contributed by atoms with E-state index in [1.54, 1.807) is 30.3 Å². The van der Waals surface area contributed by atoms with Crippen LogP contribution in [-0.4, -0.2) is 18.4 Å². The van der Waals surface area contributed by atoms with Crippen molar-refractivity contribution in [2.75, 3.05) is 16.8 Å². The van der Waals surface area contributed by atoms with E-state index in [1.807, 2.05) is 13.0 Å². The van der Waals surface area contributed by atoms with Crippen molar-refractivity contribution in [3.8, 4) is 0 Å². The smallest absolute Gasteiger partial charge is 0.226 e. The molecule has 0 fully saturated rings. The number of nitrogens with zero attached hydrogens (tertiary/aromatic N) is 1. The van der Waals surface area contributed by atoms with E-state index in [4.69, 9.17) is 34.8 Å². The highest BCUT2D eigenvalue weighted by Gasteiger charge is 2.17. The van der Waals surface area contributed by atoms with Gasteiger partial charge < -0.3 is 10.2 Å². The Labute approximate surface area is 161 Å². The second-order valence-electron chi connectivity index (χ2n) is 5.52. The Morgan fingerprint density at radius 3 is 2.36 bits per heavy atom. The Kier molecular flexibility index (Phi) is 6.71. The number of carbonyl (C=O) groups is 2. The van der Waals surface area contributed by atoms with Crippen LogP contribution in [0.1, 0.15) is 18.9 Å². The molecule has 4 nitrogen and oxygen atoms in total. The number of hydrogen-bond acceptors (Lipinski definition) is 2. The number of nitrogens with one attached hydrogen (secondary N) is 1. The molecule has 0 aliphatic rings. The minimum atomic E-state index is -0.227. The molecule has 7 heteroatoms. The van der Waals surface area contributed by atoms with Crippen LogP contribution < -0.4 is 10.2 Å². The fraction of sp³-hybridized carbons (Fsp3) is 0.222. The van der Waals surface area contributed by atoms with Crippen LogP contribution in [0.5, 0.6) is 0 Å². The van der Waals surface area contributed by atoms with Crippen LogP contribution in [0.15, 0.2) is 36.4 Å². The monoisotopic (exact) mass is 398 g/mol. The van der Waals surface area contributed by atoms with Gasteiger partial charge in [-0.3, -0.25) is 9.59 Å². The van der Waals surface area contributed by atoms with Crippen molar-refractivity contribution in [3.05, 3.63) is 57.0 Å². The second-order valence-corrected chi connectivity index (χ2v) is 6.80. The van der Waals surface area contributed by atoms with Crippen LogP contribution in [0.3, 0.4) is 0 Å². The van der Waals surface area contributed by atoms with Crippen LogP contribution in [0.4, 0.5) is 11.4 Å². The summed E-state index contributed by atoms with van der Waals surface area (Å²) in [5.74, 6) is -0.453. The first kappa shape index (κ1) is 19.6. The average molecular weight is 400 g/mol. The Hall–Kier alpha value is -1.75. The van der Waals surface area contributed by atoms with Gasteiger partial charge in [0.25, 0.3) is 0 Å². The van der Waals surface area contributed by atoms with Gasteiger partial charge in [0.05, 0.1) is 10.7 Å². The second kappa shape index (κ2) is 8.56. The van der Waals surface area contributed by atoms with Gasteiger partial charge in [0.15, 0.2) is 0 Å². The van der Waals surface area contributed by atoms with Gasteiger partial charge in [0.2, 0.25) is 11.8 Å². The Balaban J connectivity index is 2.08. The highest BCUT2D eigenvalue weighted by atomic mass is 35.5. The molecule has 0 aliphatic heterocycles. The van der Waals surface area contributed by atoms with Crippen LogP contribution in [0.2, 0.25) is 15.1 Å². The maximum atomic E-state index is 12.2. The van der Waals surface area contributed by atoms with Crippen molar-refractivity contribution in [1.82, 2.24) is 0 Å². The van der Waals surface area contributed by atoms with Crippen molar-refractivity contribution in [2.45, 2.75) is 20.3 Å². The third-order valence-electron chi connectivity index (χ3n) is 3.62. The number of benzene rings is 2. The van der Waals surface area contributed by atoms with E-state index in [0.29, 0.717) is 26.4 Å². The lowest BCUT2D eigenvalue weighted by molar-refractivity contribution is -0.117. The number of carbonyl (C=O) groups excluding carboxylic acids is 2. The molecular weight excluding hydrogens is 383 g/mol. The van der Waals surface area contributed by atoms with Gasteiger partial charge in [-0.2, -0.15) is 0 Å². The van der Waals surface area contributed by atoms with Gasteiger partial charge in [0.1, 0.15) is 0 Å². The zero-order chi connectivity index (χ0) is 18.6. The summed E-state index contributed by atoms with van der Waals surface area (Å²) in [5, 5.41) is 4.20. The van der Waals surface area contributed by atoms with Crippen molar-refractivity contribution in [2.24, 2.45) is 0 Å². The molecule has 0 atom stereocenters. The van der Waals surface area contributed by atoms with Crippen LogP contribution in [-0.2, 0) is 9.59 Å². The number of halogens is 3. The first-order chi connectivity index (χ1) is 11.8. The Morgan fingerprint density at radius 1 is 1.04 bits per heavy atom. The number of anilines is 2. The molecule has 2 aromatic rings. The molecule has 0 saturated heterocycles. The predicted octanol–water partition coefficient (Wildman–Crippen LogP) is 5.34. The number of amides is 2. The molecule has 0 aliphatic carbocycles. The topological polar surface area (TPSA) is 49.4 Å². The molecule has 0 radical (unpaired) electrons. The molecule has 132 valence electrons. The molecule has 0 aromatic heterocycles. The third-order valence-corrected chi connectivity index (χ3v) is 4.41. The van der Waals surface area contributed by atoms with E-state index in [0.717, 1.165) is 5.56 Å². The molecule has 0 heterocycles. The highest BCUT2D eigenvalue weighted by Crippen LogP contribution is 2.29. The molecule has 25 heavy (non-hydrogen) atoms. The Morgan fingerprint density at radius 2 is 1.68 bits per heavy atom. The largest absolute Gasteiger partial charge is 0.326 e. The van der Waals surface area contributed by atoms with Gasteiger partial charge in [-0.05, 0) is 42.8 Å². The minimum Gasteiger partial charge on any atom is -0.326 e. The lowest BCUT2D eigenvalue weighted by Crippen LogP contribution is -2.32. The molecule has 0 bridgehead atoms. The fourth-order valence-electron chi connectivity index (χ4n) is 2.30. The van der Waals surface area contributed by atoms with E-state index in [9.17, 15) is 9.59 Å². The first-order valence-electron chi connectivity index (χ1n) is 7.57. The summed E-state index contributed by atoms with van der Waals surface area (Å²) in [7, 11) is 0. The summed E-state index contributed by atoms with van der Waals surface area (Å²) < 4.78 is 0.